The van der Waals surface area contributed by atoms with E-state index >= 15 is 0 Å². The van der Waals surface area contributed by atoms with E-state index in [9.17, 15) is 14.4 Å². The van der Waals surface area contributed by atoms with Crippen LogP contribution in [0.3, 0.4) is 0 Å². The highest BCUT2D eigenvalue weighted by molar-refractivity contribution is 6.05. The molecule has 1 aromatic heterocycles. The number of nitrogens with zero attached hydrogens (tertiary/aromatic N) is 4. The summed E-state index contributed by atoms with van der Waals surface area (Å²) in [6.07, 6.45) is 10.4. The molecule has 0 spiro atoms. The van der Waals surface area contributed by atoms with Crippen LogP contribution in [0.4, 0.5) is 28.8 Å². The van der Waals surface area contributed by atoms with Crippen molar-refractivity contribution in [2.24, 2.45) is 5.73 Å². The number of aliphatic carboxylic acids is 1. The first kappa shape index (κ1) is 31.5. The number of hydrogen-bond acceptors (Lipinski definition) is 9. The van der Waals surface area contributed by atoms with Crippen LogP contribution in [0, 0.1) is 0 Å². The van der Waals surface area contributed by atoms with Gasteiger partial charge >= 0.3 is 5.97 Å². The Morgan fingerprint density at radius 2 is 1.91 bits per heavy atom. The summed E-state index contributed by atoms with van der Waals surface area (Å²) in [7, 11) is 3.30. The van der Waals surface area contributed by atoms with Gasteiger partial charge in [-0.2, -0.15) is 4.98 Å². The van der Waals surface area contributed by atoms with Gasteiger partial charge in [-0.1, -0.05) is 44.1 Å². The lowest BCUT2D eigenvalue weighted by molar-refractivity contribution is -0.138. The van der Waals surface area contributed by atoms with Gasteiger partial charge in [0, 0.05) is 24.3 Å². The van der Waals surface area contributed by atoms with Crippen LogP contribution < -0.4 is 30.9 Å². The molecule has 12 heteroatoms. The second kappa shape index (κ2) is 13.8. The first-order valence-corrected chi connectivity index (χ1v) is 15.1. The van der Waals surface area contributed by atoms with Crippen LogP contribution in [0.1, 0.15) is 61.4 Å². The molecule has 1 saturated carbocycles. The van der Waals surface area contributed by atoms with E-state index in [4.69, 9.17) is 20.6 Å². The summed E-state index contributed by atoms with van der Waals surface area (Å²) in [5.74, 6) is 0.245. The molecule has 1 aliphatic heterocycles. The molecule has 1 aliphatic carbocycles. The first-order valence-electron chi connectivity index (χ1n) is 15.1. The van der Waals surface area contributed by atoms with E-state index < -0.39 is 12.0 Å². The molecule has 12 nitrogen and oxygen atoms in total. The van der Waals surface area contributed by atoms with Crippen molar-refractivity contribution in [3.05, 3.63) is 65.9 Å². The Morgan fingerprint density at radius 3 is 2.58 bits per heavy atom. The van der Waals surface area contributed by atoms with E-state index in [-0.39, 0.29) is 30.3 Å². The van der Waals surface area contributed by atoms with Crippen molar-refractivity contribution in [3.8, 4) is 5.75 Å². The average molecular weight is 614 g/mol. The highest BCUT2D eigenvalue weighted by Gasteiger charge is 2.41. The minimum absolute atomic E-state index is 0.0581. The number of anilines is 5. The number of benzene rings is 2. The lowest BCUT2D eigenvalue weighted by Gasteiger charge is -2.43. The number of hydrogen-bond donors (Lipinski definition) is 4. The molecule has 2 heterocycles. The molecule has 0 bridgehead atoms. The Hall–Kier alpha value is -4.97. The number of amides is 2. The summed E-state index contributed by atoms with van der Waals surface area (Å²) in [6, 6.07) is 11.3. The topological polar surface area (TPSA) is 163 Å². The predicted octanol–water partition coefficient (Wildman–Crippen LogP) is 4.80. The molecular weight excluding hydrogens is 574 g/mol. The van der Waals surface area contributed by atoms with Gasteiger partial charge in [0.15, 0.2) is 5.82 Å². The fraction of sp³-hybridized carbons (Fsp3) is 0.364. The minimum atomic E-state index is -1.05. The van der Waals surface area contributed by atoms with Crippen LogP contribution in [0.25, 0.3) is 6.08 Å². The summed E-state index contributed by atoms with van der Waals surface area (Å²) in [5.41, 5.74) is 8.65. The molecule has 236 valence electrons. The van der Waals surface area contributed by atoms with Gasteiger partial charge in [0.2, 0.25) is 11.9 Å². The molecule has 1 fully saturated rings. The van der Waals surface area contributed by atoms with Crippen molar-refractivity contribution in [2.45, 2.75) is 63.6 Å². The molecular formula is C33H39N7O5. The second-order valence-electron chi connectivity index (χ2n) is 11.3. The van der Waals surface area contributed by atoms with Crippen molar-refractivity contribution in [1.82, 2.24) is 9.97 Å². The molecule has 5 rings (SSSR count). The van der Waals surface area contributed by atoms with Gasteiger partial charge in [0.05, 0.1) is 19.0 Å². The maximum atomic E-state index is 13.2. The lowest BCUT2D eigenvalue weighted by atomic mass is 10.0. The quantitative estimate of drug-likeness (QED) is 0.236. The smallest absolute Gasteiger partial charge is 0.320 e. The normalized spacial score (nSPS) is 17.3. The molecule has 0 saturated heterocycles. The Kier molecular flexibility index (Phi) is 9.62. The SMILES string of the molecule is CC[C@@H]1C(=O)N(C)c2cnc(Nc3ccc(C(=O)Nc4ccc(/C=C/C[C@H](N)C(=O)O)cc4)cc3OC)nc2N1C1CCCC1. The number of nitrogens with one attached hydrogen (secondary N) is 2. The van der Waals surface area contributed by atoms with Crippen LogP contribution in [-0.4, -0.2) is 65.1 Å². The Bertz CT molecular complexity index is 1590. The number of fused-ring (bicyclic) bond motifs is 1. The number of methoxy groups -OCH3 is 1. The average Bonchev–Trinajstić information content (AvgIpc) is 3.58. The summed E-state index contributed by atoms with van der Waals surface area (Å²) in [6.45, 7) is 2.03. The van der Waals surface area contributed by atoms with Crippen LogP contribution in [0.5, 0.6) is 5.75 Å². The van der Waals surface area contributed by atoms with Crippen LogP contribution >= 0.6 is 0 Å². The zero-order chi connectivity index (χ0) is 32.1. The first-order chi connectivity index (χ1) is 21.7. The number of likely N-dealkylation sites (N-methyl/N-ethyl adjacent to an activating group) is 1. The van der Waals surface area contributed by atoms with Gasteiger partial charge in [-0.3, -0.25) is 14.4 Å². The molecule has 2 atom stereocenters. The summed E-state index contributed by atoms with van der Waals surface area (Å²) < 4.78 is 5.61. The van der Waals surface area contributed by atoms with Gasteiger partial charge in [-0.25, -0.2) is 4.98 Å². The molecule has 45 heavy (non-hydrogen) atoms. The van der Waals surface area contributed by atoms with E-state index in [2.05, 4.69) is 20.5 Å². The molecule has 0 unspecified atom stereocenters. The van der Waals surface area contributed by atoms with Crippen molar-refractivity contribution >= 4 is 52.7 Å². The zero-order valence-electron chi connectivity index (χ0n) is 25.7. The van der Waals surface area contributed by atoms with E-state index in [1.807, 2.05) is 19.1 Å². The number of nitrogens with two attached hydrogens (primary N) is 1. The monoisotopic (exact) mass is 613 g/mol. The number of ether oxygens (including phenoxy) is 1. The summed E-state index contributed by atoms with van der Waals surface area (Å²) in [5, 5.41) is 15.0. The molecule has 2 amide bonds. The van der Waals surface area contributed by atoms with E-state index in [0.717, 1.165) is 37.1 Å². The molecule has 2 aliphatic rings. The Morgan fingerprint density at radius 1 is 1.18 bits per heavy atom. The maximum Gasteiger partial charge on any atom is 0.320 e. The number of carbonyl (C=O) groups excluding carboxylic acids is 2. The number of carboxylic acid groups (broad SMARTS) is 1. The van der Waals surface area contributed by atoms with Crippen molar-refractivity contribution in [1.29, 1.82) is 0 Å². The van der Waals surface area contributed by atoms with Gasteiger partial charge in [0.25, 0.3) is 5.91 Å². The lowest BCUT2D eigenvalue weighted by Crippen LogP contribution is -2.55. The molecule has 5 N–H and O–H groups in total. The van der Waals surface area contributed by atoms with Crippen LogP contribution in [0.2, 0.25) is 0 Å². The number of rotatable bonds is 11. The summed E-state index contributed by atoms with van der Waals surface area (Å²) in [4.78, 5) is 50.3. The molecule has 3 aromatic rings. The fourth-order valence-corrected chi connectivity index (χ4v) is 5.83. The predicted molar refractivity (Wildman–Crippen MR) is 174 cm³/mol. The van der Waals surface area contributed by atoms with E-state index in [1.165, 1.54) is 7.11 Å². The third-order valence-electron chi connectivity index (χ3n) is 8.31. The summed E-state index contributed by atoms with van der Waals surface area (Å²) >= 11 is 0. The highest BCUT2D eigenvalue weighted by Crippen LogP contribution is 2.40. The van der Waals surface area contributed by atoms with Crippen molar-refractivity contribution < 1.29 is 24.2 Å². The highest BCUT2D eigenvalue weighted by atomic mass is 16.5. The van der Waals surface area contributed by atoms with E-state index in [0.29, 0.717) is 40.7 Å². The van der Waals surface area contributed by atoms with Crippen molar-refractivity contribution in [2.75, 3.05) is 34.6 Å². The Labute approximate surface area is 262 Å². The van der Waals surface area contributed by atoms with Gasteiger partial charge in [-0.15, -0.1) is 0 Å². The third-order valence-corrected chi connectivity index (χ3v) is 8.31. The third kappa shape index (κ3) is 6.91. The molecule has 2 aromatic carbocycles. The number of carbonyl (C=O) groups is 3. The van der Waals surface area contributed by atoms with E-state index in [1.54, 1.807) is 60.6 Å². The second-order valence-corrected chi connectivity index (χ2v) is 11.3. The van der Waals surface area contributed by atoms with Crippen LogP contribution in [-0.2, 0) is 9.59 Å². The fourth-order valence-electron chi connectivity index (χ4n) is 5.83. The minimum Gasteiger partial charge on any atom is -0.495 e. The van der Waals surface area contributed by atoms with Gasteiger partial charge < -0.3 is 36.0 Å². The van der Waals surface area contributed by atoms with Crippen LogP contribution in [0.15, 0.2) is 54.7 Å². The van der Waals surface area contributed by atoms with Gasteiger partial charge in [-0.05, 0) is 61.6 Å². The largest absolute Gasteiger partial charge is 0.495 e. The number of carboxylic acids is 1. The standard InChI is InChI=1S/C33H39N7O5/c1-4-26-31(42)39(2)27-19-35-33(38-29(27)40(26)23-9-5-6-10-23)37-25-17-14-21(18-28(25)45-3)30(41)36-22-15-12-20(13-16-22)8-7-11-24(34)32(43)44/h7-8,12-19,23-24,26H,4-6,9-11,34H2,1-3H3,(H,36,41)(H,43,44)(H,35,37,38)/b8-7+/t24-,26+/m0/s1. The zero-order valence-corrected chi connectivity index (χ0v) is 25.7. The van der Waals surface area contributed by atoms with Crippen molar-refractivity contribution in [3.63, 3.8) is 0 Å². The Balaban J connectivity index is 1.30. The number of aromatic nitrogens is 2. The van der Waals surface area contributed by atoms with Gasteiger partial charge in [0.1, 0.15) is 23.5 Å². The molecule has 0 radical (unpaired) electrons. The maximum absolute atomic E-state index is 13.2.